The van der Waals surface area contributed by atoms with Crippen molar-refractivity contribution in [3.05, 3.63) is 47.5 Å². The molecule has 0 aromatic heterocycles. The number of carbonyl (C=O) groups is 2. The van der Waals surface area contributed by atoms with Crippen molar-refractivity contribution >= 4 is 11.9 Å². The molecule has 5 nitrogen and oxygen atoms in total. The first kappa shape index (κ1) is 17.2. The third-order valence-electron chi connectivity index (χ3n) is 3.87. The molecule has 0 aliphatic carbocycles. The van der Waals surface area contributed by atoms with Gasteiger partial charge in [-0.25, -0.2) is 0 Å². The fourth-order valence-corrected chi connectivity index (χ4v) is 2.60. The van der Waals surface area contributed by atoms with Crippen LogP contribution in [0.4, 0.5) is 0 Å². The standard InChI is InChI=1S/C18H23NO4/c1-14(7-8-15-5-3-2-4-6-15)11-17(20)19-9-10-23-16(13-19)12-18(21)22/h2-6,11,16H,7-10,12-13H2,1H3,(H,21,22). The molecule has 1 heterocycles. The van der Waals surface area contributed by atoms with Crippen LogP contribution in [0.15, 0.2) is 42.0 Å². The first-order valence-electron chi connectivity index (χ1n) is 7.88. The smallest absolute Gasteiger partial charge is 0.306 e. The number of aliphatic carboxylic acids is 1. The van der Waals surface area contributed by atoms with Gasteiger partial charge < -0.3 is 14.7 Å². The molecule has 1 unspecified atom stereocenters. The third kappa shape index (κ3) is 5.87. The van der Waals surface area contributed by atoms with Crippen molar-refractivity contribution in [1.29, 1.82) is 0 Å². The van der Waals surface area contributed by atoms with Crippen LogP contribution in [-0.4, -0.2) is 47.7 Å². The Kier molecular flexibility index (Phi) is 6.35. The monoisotopic (exact) mass is 317 g/mol. The summed E-state index contributed by atoms with van der Waals surface area (Å²) in [5.41, 5.74) is 2.28. The lowest BCUT2D eigenvalue weighted by Gasteiger charge is -2.31. The summed E-state index contributed by atoms with van der Waals surface area (Å²) < 4.78 is 5.38. The zero-order valence-corrected chi connectivity index (χ0v) is 13.4. The second kappa shape index (κ2) is 8.48. The fourth-order valence-electron chi connectivity index (χ4n) is 2.60. The number of hydrogen-bond donors (Lipinski definition) is 1. The summed E-state index contributed by atoms with van der Waals surface area (Å²) in [5.74, 6) is -0.965. The van der Waals surface area contributed by atoms with Crippen LogP contribution in [0.25, 0.3) is 0 Å². The van der Waals surface area contributed by atoms with Crippen LogP contribution in [0.1, 0.15) is 25.3 Å². The molecule has 1 atom stereocenters. The van der Waals surface area contributed by atoms with Crippen molar-refractivity contribution in [1.82, 2.24) is 4.90 Å². The molecule has 5 heteroatoms. The molecule has 124 valence electrons. The fraction of sp³-hybridized carbons (Fsp3) is 0.444. The van der Waals surface area contributed by atoms with Gasteiger partial charge in [-0.1, -0.05) is 35.9 Å². The largest absolute Gasteiger partial charge is 0.481 e. The van der Waals surface area contributed by atoms with Crippen molar-refractivity contribution in [3.8, 4) is 0 Å². The SMILES string of the molecule is CC(=CC(=O)N1CCOC(CC(=O)O)C1)CCc1ccccc1. The molecule has 0 saturated carbocycles. The Morgan fingerprint density at radius 2 is 2.09 bits per heavy atom. The number of rotatable bonds is 6. The molecule has 2 rings (SSSR count). The molecule has 1 aromatic carbocycles. The zero-order chi connectivity index (χ0) is 16.7. The lowest BCUT2D eigenvalue weighted by atomic mass is 10.1. The van der Waals surface area contributed by atoms with Gasteiger partial charge in [0, 0.05) is 19.2 Å². The molecule has 0 bridgehead atoms. The van der Waals surface area contributed by atoms with E-state index in [2.05, 4.69) is 12.1 Å². The van der Waals surface area contributed by atoms with Gasteiger partial charge in [-0.15, -0.1) is 0 Å². The van der Waals surface area contributed by atoms with Gasteiger partial charge in [-0.05, 0) is 25.3 Å². The molecule has 0 spiro atoms. The number of ether oxygens (including phenoxy) is 1. The normalized spacial score (nSPS) is 18.7. The zero-order valence-electron chi connectivity index (χ0n) is 13.4. The molecule has 1 saturated heterocycles. The van der Waals surface area contributed by atoms with E-state index in [1.54, 1.807) is 11.0 Å². The van der Waals surface area contributed by atoms with E-state index in [0.717, 1.165) is 18.4 Å². The van der Waals surface area contributed by atoms with E-state index < -0.39 is 12.1 Å². The minimum Gasteiger partial charge on any atom is -0.481 e. The maximum Gasteiger partial charge on any atom is 0.306 e. The number of carboxylic acid groups (broad SMARTS) is 1. The highest BCUT2D eigenvalue weighted by Gasteiger charge is 2.24. The average molecular weight is 317 g/mol. The van der Waals surface area contributed by atoms with Gasteiger partial charge in [0.05, 0.1) is 19.1 Å². The molecule has 1 amide bonds. The number of benzene rings is 1. The van der Waals surface area contributed by atoms with Gasteiger partial charge in [-0.2, -0.15) is 0 Å². The third-order valence-corrected chi connectivity index (χ3v) is 3.87. The van der Waals surface area contributed by atoms with Gasteiger partial charge in [0.25, 0.3) is 0 Å². The minimum atomic E-state index is -0.904. The van der Waals surface area contributed by atoms with Gasteiger partial charge in [-0.3, -0.25) is 9.59 Å². The summed E-state index contributed by atoms with van der Waals surface area (Å²) in [4.78, 5) is 24.7. The first-order chi connectivity index (χ1) is 11.0. The van der Waals surface area contributed by atoms with E-state index in [1.165, 1.54) is 5.56 Å². The van der Waals surface area contributed by atoms with E-state index in [0.29, 0.717) is 19.7 Å². The number of hydrogen-bond acceptors (Lipinski definition) is 3. The van der Waals surface area contributed by atoms with Crippen LogP contribution >= 0.6 is 0 Å². The Hall–Kier alpha value is -2.14. The summed E-state index contributed by atoms with van der Waals surface area (Å²) in [5, 5.41) is 8.82. The maximum atomic E-state index is 12.3. The van der Waals surface area contributed by atoms with E-state index in [-0.39, 0.29) is 12.3 Å². The Bertz CT molecular complexity index is 568. The van der Waals surface area contributed by atoms with Crippen molar-refractivity contribution < 1.29 is 19.4 Å². The predicted molar refractivity (Wildman–Crippen MR) is 87.1 cm³/mol. The van der Waals surface area contributed by atoms with Crippen LogP contribution < -0.4 is 0 Å². The second-order valence-corrected chi connectivity index (χ2v) is 5.85. The molecule has 1 N–H and O–H groups in total. The van der Waals surface area contributed by atoms with Crippen molar-refractivity contribution in [3.63, 3.8) is 0 Å². The number of carbonyl (C=O) groups excluding carboxylic acids is 1. The molecule has 1 aromatic rings. The van der Waals surface area contributed by atoms with E-state index in [4.69, 9.17) is 9.84 Å². The number of nitrogens with zero attached hydrogens (tertiary/aromatic N) is 1. The molecule has 0 radical (unpaired) electrons. The highest BCUT2D eigenvalue weighted by atomic mass is 16.5. The van der Waals surface area contributed by atoms with Crippen LogP contribution in [0.5, 0.6) is 0 Å². The molecule has 23 heavy (non-hydrogen) atoms. The number of aryl methyl sites for hydroxylation is 1. The van der Waals surface area contributed by atoms with Crippen molar-refractivity contribution in [2.75, 3.05) is 19.7 Å². The Morgan fingerprint density at radius 3 is 2.78 bits per heavy atom. The van der Waals surface area contributed by atoms with Crippen LogP contribution in [0.2, 0.25) is 0 Å². The molecular formula is C18H23NO4. The number of morpholine rings is 1. The Balaban J connectivity index is 1.85. The average Bonchev–Trinajstić information content (AvgIpc) is 2.53. The van der Waals surface area contributed by atoms with E-state index >= 15 is 0 Å². The van der Waals surface area contributed by atoms with Gasteiger partial charge in [0.15, 0.2) is 0 Å². The number of carboxylic acids is 1. The maximum absolute atomic E-state index is 12.3. The lowest BCUT2D eigenvalue weighted by Crippen LogP contribution is -2.45. The highest BCUT2D eigenvalue weighted by Crippen LogP contribution is 2.12. The summed E-state index contributed by atoms with van der Waals surface area (Å²) in [6.45, 7) is 3.20. The summed E-state index contributed by atoms with van der Waals surface area (Å²) >= 11 is 0. The number of allylic oxidation sites excluding steroid dienone is 1. The Morgan fingerprint density at radius 1 is 1.35 bits per heavy atom. The van der Waals surface area contributed by atoms with Gasteiger partial charge >= 0.3 is 5.97 Å². The quantitative estimate of drug-likeness (QED) is 0.817. The summed E-state index contributed by atoms with van der Waals surface area (Å²) in [7, 11) is 0. The molecule has 1 aliphatic heterocycles. The van der Waals surface area contributed by atoms with Crippen LogP contribution in [0.3, 0.4) is 0 Å². The second-order valence-electron chi connectivity index (χ2n) is 5.85. The predicted octanol–water partition coefficient (Wildman–Crippen LogP) is 2.27. The van der Waals surface area contributed by atoms with Crippen LogP contribution in [0, 0.1) is 0 Å². The topological polar surface area (TPSA) is 66.8 Å². The van der Waals surface area contributed by atoms with Crippen molar-refractivity contribution in [2.45, 2.75) is 32.3 Å². The molecule has 1 aliphatic rings. The minimum absolute atomic E-state index is 0.0609. The number of amides is 1. The summed E-state index contributed by atoms with van der Waals surface area (Å²) in [6.07, 6.45) is 2.91. The summed E-state index contributed by atoms with van der Waals surface area (Å²) in [6, 6.07) is 10.2. The molecule has 1 fully saturated rings. The highest BCUT2D eigenvalue weighted by molar-refractivity contribution is 5.88. The lowest BCUT2D eigenvalue weighted by molar-refractivity contribution is -0.145. The van der Waals surface area contributed by atoms with E-state index in [1.807, 2.05) is 25.1 Å². The van der Waals surface area contributed by atoms with E-state index in [9.17, 15) is 9.59 Å². The molecular weight excluding hydrogens is 294 g/mol. The Labute approximate surface area is 136 Å². The van der Waals surface area contributed by atoms with Crippen molar-refractivity contribution in [2.24, 2.45) is 0 Å². The van der Waals surface area contributed by atoms with Gasteiger partial charge in [0.1, 0.15) is 0 Å². The first-order valence-corrected chi connectivity index (χ1v) is 7.88. The van der Waals surface area contributed by atoms with Gasteiger partial charge in [0.2, 0.25) is 5.91 Å². The van der Waals surface area contributed by atoms with Crippen LogP contribution in [-0.2, 0) is 20.7 Å².